The van der Waals surface area contributed by atoms with E-state index in [9.17, 15) is 14.7 Å². The fourth-order valence-electron chi connectivity index (χ4n) is 2.40. The molecule has 0 atom stereocenters. The maximum Gasteiger partial charge on any atom is 0.309 e. The molecular formula is C15H18BrNO4. The smallest absolute Gasteiger partial charge is 0.309 e. The first-order valence-electron chi connectivity index (χ1n) is 6.73. The molecule has 0 aliphatic carbocycles. The summed E-state index contributed by atoms with van der Waals surface area (Å²) in [4.78, 5) is 25.4. The maximum atomic E-state index is 12.4. The summed E-state index contributed by atoms with van der Waals surface area (Å²) in [7, 11) is 1.57. The highest BCUT2D eigenvalue weighted by atomic mass is 79.9. The number of aliphatic carboxylic acids is 1. The number of rotatable bonds is 3. The first-order valence-corrected chi connectivity index (χ1v) is 7.53. The number of hydrogen-bond acceptors (Lipinski definition) is 3. The van der Waals surface area contributed by atoms with Crippen molar-refractivity contribution in [2.45, 2.75) is 19.8 Å². The molecule has 2 rings (SSSR count). The van der Waals surface area contributed by atoms with E-state index in [2.05, 4.69) is 15.9 Å². The summed E-state index contributed by atoms with van der Waals surface area (Å²) in [6.45, 7) is 2.66. The summed E-state index contributed by atoms with van der Waals surface area (Å²) < 4.78 is 5.87. The second-order valence-electron chi connectivity index (χ2n) is 5.51. The topological polar surface area (TPSA) is 66.8 Å². The third-order valence-electron chi connectivity index (χ3n) is 4.07. The lowest BCUT2D eigenvalue weighted by atomic mass is 9.80. The minimum Gasteiger partial charge on any atom is -0.496 e. The third kappa shape index (κ3) is 3.20. The normalized spacial score (nSPS) is 17.4. The first kappa shape index (κ1) is 15.8. The lowest BCUT2D eigenvalue weighted by molar-refractivity contribution is -0.150. The van der Waals surface area contributed by atoms with E-state index in [0.717, 1.165) is 4.47 Å². The molecule has 0 spiro atoms. The van der Waals surface area contributed by atoms with Crippen LogP contribution in [0.15, 0.2) is 22.7 Å². The Morgan fingerprint density at radius 2 is 1.95 bits per heavy atom. The van der Waals surface area contributed by atoms with Gasteiger partial charge in [-0.2, -0.15) is 0 Å². The number of methoxy groups -OCH3 is 1. The Hall–Kier alpha value is -1.56. The zero-order valence-corrected chi connectivity index (χ0v) is 13.6. The second-order valence-corrected chi connectivity index (χ2v) is 6.36. The van der Waals surface area contributed by atoms with Gasteiger partial charge in [-0.1, -0.05) is 0 Å². The van der Waals surface area contributed by atoms with E-state index in [0.29, 0.717) is 37.2 Å². The van der Waals surface area contributed by atoms with Crippen molar-refractivity contribution in [3.63, 3.8) is 0 Å². The molecule has 1 aliphatic rings. The predicted molar refractivity (Wildman–Crippen MR) is 81.6 cm³/mol. The van der Waals surface area contributed by atoms with Gasteiger partial charge in [-0.15, -0.1) is 0 Å². The number of nitrogens with zero attached hydrogens (tertiary/aromatic N) is 1. The van der Waals surface area contributed by atoms with Gasteiger partial charge in [0, 0.05) is 18.7 Å². The third-order valence-corrected chi connectivity index (χ3v) is 4.69. The Morgan fingerprint density at radius 1 is 1.33 bits per heavy atom. The first-order chi connectivity index (χ1) is 9.87. The van der Waals surface area contributed by atoms with Crippen LogP contribution in [0, 0.1) is 5.41 Å². The molecule has 1 fully saturated rings. The monoisotopic (exact) mass is 355 g/mol. The number of carboxylic acid groups (broad SMARTS) is 1. The Kier molecular flexibility index (Phi) is 4.56. The molecule has 1 amide bonds. The fourth-order valence-corrected chi connectivity index (χ4v) is 2.94. The Labute approximate surface area is 132 Å². The van der Waals surface area contributed by atoms with E-state index in [4.69, 9.17) is 4.74 Å². The standard InChI is InChI=1S/C15H18BrNO4/c1-15(14(19)20)5-7-17(8-6-15)13(18)10-3-4-12(21-2)11(16)9-10/h3-4,9H,5-8H2,1-2H3,(H,19,20). The summed E-state index contributed by atoms with van der Waals surface area (Å²) in [6, 6.07) is 5.19. The van der Waals surface area contributed by atoms with E-state index in [1.807, 2.05) is 0 Å². The average Bonchev–Trinajstić information content (AvgIpc) is 2.47. The van der Waals surface area contributed by atoms with Crippen LogP contribution in [0.25, 0.3) is 0 Å². The molecule has 1 aliphatic heterocycles. The van der Waals surface area contributed by atoms with Crippen LogP contribution in [-0.2, 0) is 4.79 Å². The van der Waals surface area contributed by atoms with Gasteiger partial charge in [-0.05, 0) is 53.9 Å². The van der Waals surface area contributed by atoms with Gasteiger partial charge in [0.25, 0.3) is 5.91 Å². The molecule has 0 unspecified atom stereocenters. The van der Waals surface area contributed by atoms with Crippen molar-refractivity contribution in [2.75, 3.05) is 20.2 Å². The zero-order chi connectivity index (χ0) is 15.6. The van der Waals surface area contributed by atoms with Gasteiger partial charge in [-0.25, -0.2) is 0 Å². The van der Waals surface area contributed by atoms with Crippen molar-refractivity contribution in [3.8, 4) is 5.75 Å². The molecule has 21 heavy (non-hydrogen) atoms. The zero-order valence-electron chi connectivity index (χ0n) is 12.1. The average molecular weight is 356 g/mol. The maximum absolute atomic E-state index is 12.4. The van der Waals surface area contributed by atoms with Crippen LogP contribution in [0.5, 0.6) is 5.75 Å². The Morgan fingerprint density at radius 3 is 2.43 bits per heavy atom. The highest BCUT2D eigenvalue weighted by Crippen LogP contribution is 2.32. The summed E-state index contributed by atoms with van der Waals surface area (Å²) in [5, 5.41) is 9.21. The number of ether oxygens (including phenoxy) is 1. The van der Waals surface area contributed by atoms with Crippen molar-refractivity contribution in [3.05, 3.63) is 28.2 Å². The number of piperidine rings is 1. The lowest BCUT2D eigenvalue weighted by Gasteiger charge is -2.36. The summed E-state index contributed by atoms with van der Waals surface area (Å²) in [6.07, 6.45) is 0.955. The van der Waals surface area contributed by atoms with Crippen LogP contribution in [0.3, 0.4) is 0 Å². The Bertz CT molecular complexity index is 565. The van der Waals surface area contributed by atoms with Gasteiger partial charge >= 0.3 is 5.97 Å². The number of carbonyl (C=O) groups is 2. The van der Waals surface area contributed by atoms with Gasteiger partial charge in [-0.3, -0.25) is 9.59 Å². The molecular weight excluding hydrogens is 338 g/mol. The van der Waals surface area contributed by atoms with Crippen molar-refractivity contribution in [1.82, 2.24) is 4.90 Å². The molecule has 0 saturated carbocycles. The molecule has 1 aromatic rings. The van der Waals surface area contributed by atoms with Gasteiger partial charge < -0.3 is 14.7 Å². The molecule has 6 heteroatoms. The molecule has 1 aromatic carbocycles. The van der Waals surface area contributed by atoms with Crippen LogP contribution in [0.4, 0.5) is 0 Å². The molecule has 114 valence electrons. The van der Waals surface area contributed by atoms with Crippen LogP contribution in [0.1, 0.15) is 30.1 Å². The number of benzene rings is 1. The molecule has 0 radical (unpaired) electrons. The second kappa shape index (κ2) is 6.05. The highest BCUT2D eigenvalue weighted by Gasteiger charge is 2.38. The van der Waals surface area contributed by atoms with Crippen molar-refractivity contribution < 1.29 is 19.4 Å². The predicted octanol–water partition coefficient (Wildman–Crippen LogP) is 2.78. The van der Waals surface area contributed by atoms with Crippen molar-refractivity contribution in [1.29, 1.82) is 0 Å². The van der Waals surface area contributed by atoms with Gasteiger partial charge in [0.1, 0.15) is 5.75 Å². The van der Waals surface area contributed by atoms with Gasteiger partial charge in [0.15, 0.2) is 0 Å². The Balaban J connectivity index is 2.09. The largest absolute Gasteiger partial charge is 0.496 e. The van der Waals surface area contributed by atoms with Gasteiger partial charge in [0.05, 0.1) is 17.0 Å². The van der Waals surface area contributed by atoms with Crippen LogP contribution < -0.4 is 4.74 Å². The quantitative estimate of drug-likeness (QED) is 0.905. The highest BCUT2D eigenvalue weighted by molar-refractivity contribution is 9.10. The van der Waals surface area contributed by atoms with Crippen LogP contribution in [0.2, 0.25) is 0 Å². The van der Waals surface area contributed by atoms with Gasteiger partial charge in [0.2, 0.25) is 0 Å². The van der Waals surface area contributed by atoms with E-state index in [-0.39, 0.29) is 5.91 Å². The number of amides is 1. The van der Waals surface area contributed by atoms with E-state index >= 15 is 0 Å². The van der Waals surface area contributed by atoms with Crippen LogP contribution in [-0.4, -0.2) is 42.1 Å². The molecule has 0 bridgehead atoms. The van der Waals surface area contributed by atoms with E-state index in [1.165, 1.54) is 0 Å². The summed E-state index contributed by atoms with van der Waals surface area (Å²) in [5.74, 6) is -0.198. The minimum atomic E-state index is -0.790. The van der Waals surface area contributed by atoms with Crippen molar-refractivity contribution >= 4 is 27.8 Å². The number of carboxylic acids is 1. The molecule has 1 N–H and O–H groups in total. The number of hydrogen-bond donors (Lipinski definition) is 1. The summed E-state index contributed by atoms with van der Waals surface area (Å²) >= 11 is 3.36. The number of halogens is 1. The SMILES string of the molecule is COc1ccc(C(=O)N2CCC(C)(C(=O)O)CC2)cc1Br. The number of carbonyl (C=O) groups excluding carboxylic acids is 1. The molecule has 1 heterocycles. The fraction of sp³-hybridized carbons (Fsp3) is 0.467. The van der Waals surface area contributed by atoms with Crippen molar-refractivity contribution in [2.24, 2.45) is 5.41 Å². The molecule has 1 saturated heterocycles. The lowest BCUT2D eigenvalue weighted by Crippen LogP contribution is -2.45. The molecule has 0 aromatic heterocycles. The van der Waals surface area contributed by atoms with E-state index in [1.54, 1.807) is 37.1 Å². The van der Waals surface area contributed by atoms with E-state index < -0.39 is 11.4 Å². The minimum absolute atomic E-state index is 0.0780. The molecule has 5 nitrogen and oxygen atoms in total. The number of likely N-dealkylation sites (tertiary alicyclic amines) is 1. The van der Waals surface area contributed by atoms with Crippen LogP contribution >= 0.6 is 15.9 Å². The summed E-state index contributed by atoms with van der Waals surface area (Å²) in [5.41, 5.74) is -0.154.